The molecule has 0 saturated carbocycles. The Kier molecular flexibility index (Phi) is 33.8. The summed E-state index contributed by atoms with van der Waals surface area (Å²) >= 11 is 0. The van der Waals surface area contributed by atoms with Gasteiger partial charge in [0.1, 0.15) is 109 Å². The second kappa shape index (κ2) is 38.8. The first kappa shape index (κ1) is 74.0. The summed E-state index contributed by atoms with van der Waals surface area (Å²) in [5.41, 5.74) is 0. The van der Waals surface area contributed by atoms with Crippen LogP contribution in [0.25, 0.3) is 0 Å². The molecule has 85 heavy (non-hydrogen) atoms. The molecule has 31 nitrogen and oxygen atoms in total. The highest BCUT2D eigenvalue weighted by molar-refractivity contribution is 5.86. The topological polar surface area (TPSA) is 479 Å². The number of Topliss-reactive ketones (excluding diaryl/α,β-unsaturated/α-hetero) is 3. The Balaban J connectivity index is 1.22. The van der Waals surface area contributed by atoms with Crippen LogP contribution in [0.5, 0.6) is 0 Å². The number of hydrogen-bond acceptors (Lipinski definition) is 28. The lowest BCUT2D eigenvalue weighted by Gasteiger charge is -2.46. The van der Waals surface area contributed by atoms with E-state index < -0.39 is 149 Å². The molecular weight excluding hydrogens is 1140 g/mol. The number of aliphatic hydroxyl groups is 13. The number of ether oxygens (including phenoxy) is 8. The number of nitrogens with zero attached hydrogens (tertiary/aromatic N) is 1. The Labute approximate surface area is 493 Å². The standard InChI is InChI=1S/C54H94N4O27/c1-3-55-36(64)16-8-6-4-5-7-13-30(61)23-58(24-31(62)14-9-11-17-37(65)56-19-21-78-51-46(74)43(71)39(67)29(2)81-51)25-32(63)15-10-12-18-38(66)57-20-22-79-53-49(77)50(85-54-48(76)45(73)41(69)34(27-60)83-54)42(70)35(84-53)28-80-52-47(75)44(72)40(68)33(26-59)82-52/h29,33-35,39-54,59-60,67-77H,3-28H2,1-2H3,(H,55,64)(H,56,65)(H,57,66)/t29-,33+,34+,35+,39+,40+,41+,42+,43+,44-,45-,46-,47-,48-,49-,50-,51+,52-,53-,54+/m0/s1. The minimum absolute atomic E-state index is 0.00590. The second-order valence-electron chi connectivity index (χ2n) is 21.9. The van der Waals surface area contributed by atoms with Crippen molar-refractivity contribution in [2.24, 2.45) is 0 Å². The molecule has 0 bridgehead atoms. The average Bonchev–Trinajstić information content (AvgIpc) is 3.43. The zero-order valence-corrected chi connectivity index (χ0v) is 48.4. The van der Waals surface area contributed by atoms with Crippen molar-refractivity contribution in [1.82, 2.24) is 20.9 Å². The average molecular weight is 1230 g/mol. The second-order valence-corrected chi connectivity index (χ2v) is 21.9. The number of rotatable bonds is 40. The normalized spacial score (nSPS) is 33.3. The van der Waals surface area contributed by atoms with Gasteiger partial charge >= 0.3 is 0 Å². The van der Waals surface area contributed by atoms with Crippen LogP contribution in [0.15, 0.2) is 0 Å². The zero-order chi connectivity index (χ0) is 62.8. The van der Waals surface area contributed by atoms with Crippen LogP contribution in [0.4, 0.5) is 0 Å². The minimum Gasteiger partial charge on any atom is -0.394 e. The third-order valence-electron chi connectivity index (χ3n) is 14.9. The van der Waals surface area contributed by atoms with Crippen molar-refractivity contribution in [1.29, 1.82) is 0 Å². The fraction of sp³-hybridized carbons (Fsp3) is 0.889. The van der Waals surface area contributed by atoms with E-state index in [1.165, 1.54) is 11.8 Å². The number of ketones is 3. The summed E-state index contributed by atoms with van der Waals surface area (Å²) in [7, 11) is 0. The maximum atomic E-state index is 13.3. The van der Waals surface area contributed by atoms with E-state index in [4.69, 9.17) is 37.9 Å². The molecular formula is C54H94N4O27. The molecule has 16 N–H and O–H groups in total. The van der Waals surface area contributed by atoms with Crippen molar-refractivity contribution in [3.8, 4) is 0 Å². The van der Waals surface area contributed by atoms with E-state index in [9.17, 15) is 95.2 Å². The van der Waals surface area contributed by atoms with Crippen molar-refractivity contribution in [3.63, 3.8) is 0 Å². The van der Waals surface area contributed by atoms with Gasteiger partial charge in [0, 0.05) is 58.2 Å². The summed E-state index contributed by atoms with van der Waals surface area (Å²) in [6, 6.07) is 0. The lowest BCUT2D eigenvalue weighted by molar-refractivity contribution is -0.366. The van der Waals surface area contributed by atoms with Crippen molar-refractivity contribution in [2.75, 3.05) is 72.3 Å². The molecule has 4 fully saturated rings. The van der Waals surface area contributed by atoms with E-state index in [-0.39, 0.29) is 120 Å². The molecule has 0 aromatic rings. The van der Waals surface area contributed by atoms with Crippen LogP contribution >= 0.6 is 0 Å². The van der Waals surface area contributed by atoms with E-state index in [1.807, 2.05) is 6.92 Å². The number of unbranched alkanes of at least 4 members (excludes halogenated alkanes) is 6. The van der Waals surface area contributed by atoms with Gasteiger partial charge < -0.3 is 120 Å². The van der Waals surface area contributed by atoms with Gasteiger partial charge in [-0.15, -0.1) is 0 Å². The molecule has 0 aromatic carbocycles. The van der Waals surface area contributed by atoms with Crippen LogP contribution in [0.3, 0.4) is 0 Å². The van der Waals surface area contributed by atoms with Crippen molar-refractivity contribution in [2.45, 2.75) is 233 Å². The number of aliphatic hydroxyl groups excluding tert-OH is 13. The molecule has 0 spiro atoms. The fourth-order valence-corrected chi connectivity index (χ4v) is 9.92. The van der Waals surface area contributed by atoms with Gasteiger partial charge in [-0.25, -0.2) is 0 Å². The van der Waals surface area contributed by atoms with E-state index in [0.717, 1.165) is 25.7 Å². The van der Waals surface area contributed by atoms with Gasteiger partial charge in [0.05, 0.1) is 58.8 Å². The van der Waals surface area contributed by atoms with Crippen molar-refractivity contribution >= 4 is 35.1 Å². The molecule has 0 aromatic heterocycles. The van der Waals surface area contributed by atoms with E-state index in [2.05, 4.69) is 16.0 Å². The Hall–Kier alpha value is -3.46. The first-order valence-corrected chi connectivity index (χ1v) is 29.4. The van der Waals surface area contributed by atoms with Crippen LogP contribution in [0.2, 0.25) is 0 Å². The van der Waals surface area contributed by atoms with E-state index >= 15 is 0 Å². The molecule has 31 heteroatoms. The quantitative estimate of drug-likeness (QED) is 0.0254. The number of carbonyl (C=O) groups excluding carboxylic acids is 6. The van der Waals surface area contributed by atoms with Gasteiger partial charge in [-0.1, -0.05) is 19.3 Å². The maximum Gasteiger partial charge on any atom is 0.220 e. The lowest BCUT2D eigenvalue weighted by atomic mass is 9.96. The van der Waals surface area contributed by atoms with Gasteiger partial charge in [0.2, 0.25) is 17.7 Å². The molecule has 4 saturated heterocycles. The Bertz CT molecular complexity index is 2000. The monoisotopic (exact) mass is 1230 g/mol. The SMILES string of the molecule is CCNC(=O)CCCCCCCC(=O)CN(CC(=O)CCCCC(=O)NCCO[C@@H]1O[C@@H](C)[C@@H](O)[C@@H](O)[C@@H]1O)CC(=O)CCCCC(=O)NCCO[C@H]1O[C@H](CO[C@H]2O[C@H](CO)[C@@H](O)[C@H](O)[C@@H]2O)[C@@H](O)[C@H](O[C@H]2O[C@H](CO)[C@@H](O)[C@H](O)[C@@H]2O)[C@@H]1O. The predicted octanol–water partition coefficient (Wildman–Crippen LogP) is -6.48. The Morgan fingerprint density at radius 3 is 1.27 bits per heavy atom. The number of nitrogens with one attached hydrogen (secondary N) is 3. The molecule has 0 aliphatic carbocycles. The smallest absolute Gasteiger partial charge is 0.220 e. The number of carbonyl (C=O) groups is 6. The third kappa shape index (κ3) is 24.5. The minimum atomic E-state index is -1.95. The first-order chi connectivity index (χ1) is 40.5. The van der Waals surface area contributed by atoms with Crippen LogP contribution in [-0.4, -0.2) is 301 Å². The molecule has 20 atom stereocenters. The number of hydrogen-bond donors (Lipinski definition) is 16. The van der Waals surface area contributed by atoms with Crippen LogP contribution in [0, 0.1) is 0 Å². The van der Waals surface area contributed by atoms with Gasteiger partial charge in [0.15, 0.2) is 25.2 Å². The molecule has 4 rings (SSSR count). The summed E-state index contributed by atoms with van der Waals surface area (Å²) in [4.78, 5) is 78.1. The lowest BCUT2D eigenvalue weighted by Crippen LogP contribution is -2.65. The summed E-state index contributed by atoms with van der Waals surface area (Å²) in [6.07, 6.45) is -26.3. The van der Waals surface area contributed by atoms with Gasteiger partial charge in [0.25, 0.3) is 0 Å². The summed E-state index contributed by atoms with van der Waals surface area (Å²) in [6.45, 7) is 0.669. The first-order valence-electron chi connectivity index (χ1n) is 29.4. The molecule has 4 aliphatic rings. The van der Waals surface area contributed by atoms with Crippen molar-refractivity contribution in [3.05, 3.63) is 0 Å². The molecule has 492 valence electrons. The van der Waals surface area contributed by atoms with Gasteiger partial charge in [-0.05, 0) is 52.4 Å². The zero-order valence-electron chi connectivity index (χ0n) is 48.4. The Morgan fingerprint density at radius 2 is 0.788 bits per heavy atom. The van der Waals surface area contributed by atoms with Crippen molar-refractivity contribution < 1.29 is 133 Å². The molecule has 0 unspecified atom stereocenters. The molecule has 4 heterocycles. The molecule has 4 aliphatic heterocycles. The highest BCUT2D eigenvalue weighted by Gasteiger charge is 2.52. The predicted molar refractivity (Wildman–Crippen MR) is 289 cm³/mol. The maximum absolute atomic E-state index is 13.3. The summed E-state index contributed by atoms with van der Waals surface area (Å²) in [5.74, 6) is -1.42. The molecule has 0 radical (unpaired) electrons. The fourth-order valence-electron chi connectivity index (χ4n) is 9.92. The van der Waals surface area contributed by atoms with Crippen LogP contribution < -0.4 is 16.0 Å². The summed E-state index contributed by atoms with van der Waals surface area (Å²) < 4.78 is 44.3. The van der Waals surface area contributed by atoms with Gasteiger partial charge in [-0.2, -0.15) is 0 Å². The molecule has 3 amide bonds. The van der Waals surface area contributed by atoms with Crippen LogP contribution in [-0.2, 0) is 66.7 Å². The third-order valence-corrected chi connectivity index (χ3v) is 14.9. The highest BCUT2D eigenvalue weighted by atomic mass is 16.8. The highest BCUT2D eigenvalue weighted by Crippen LogP contribution is 2.31. The van der Waals surface area contributed by atoms with E-state index in [0.29, 0.717) is 32.2 Å². The number of amides is 3. The largest absolute Gasteiger partial charge is 0.394 e. The van der Waals surface area contributed by atoms with Crippen LogP contribution in [0.1, 0.15) is 110 Å². The Morgan fingerprint density at radius 1 is 0.412 bits per heavy atom. The van der Waals surface area contributed by atoms with E-state index in [1.54, 1.807) is 0 Å². The summed E-state index contributed by atoms with van der Waals surface area (Å²) in [5, 5.41) is 142. The van der Waals surface area contributed by atoms with Gasteiger partial charge in [-0.3, -0.25) is 33.7 Å².